The number of aliphatic hydroxyl groups is 2. The van der Waals surface area contributed by atoms with Gasteiger partial charge >= 0.3 is 0 Å². The van der Waals surface area contributed by atoms with Gasteiger partial charge in [0.2, 0.25) is 5.95 Å². The van der Waals surface area contributed by atoms with Crippen LogP contribution in [-0.2, 0) is 9.47 Å². The molecule has 1 fully saturated rings. The van der Waals surface area contributed by atoms with Crippen LogP contribution in [0.5, 0.6) is 0 Å². The number of aromatic nitrogens is 4. The Morgan fingerprint density at radius 2 is 1.88 bits per heavy atom. The van der Waals surface area contributed by atoms with Crippen LogP contribution in [0.15, 0.2) is 35.4 Å². The molecule has 0 radical (unpaired) electrons. The monoisotopic (exact) mass is 470 g/mol. The fraction of sp³-hybridized carbons (Fsp3) is 0.381. The Morgan fingerprint density at radius 1 is 1.18 bits per heavy atom. The summed E-state index contributed by atoms with van der Waals surface area (Å²) in [6.45, 7) is -0.253. The van der Waals surface area contributed by atoms with Gasteiger partial charge in [-0.3, -0.25) is 28.8 Å². The van der Waals surface area contributed by atoms with Crippen molar-refractivity contribution in [3.05, 3.63) is 52.1 Å². The first-order valence-corrected chi connectivity index (χ1v) is 10.6. The van der Waals surface area contributed by atoms with Gasteiger partial charge in [0.15, 0.2) is 17.4 Å². The normalized spacial score (nSPS) is 24.4. The number of ether oxygens (including phenoxy) is 2. The Kier molecular flexibility index (Phi) is 5.61. The van der Waals surface area contributed by atoms with Gasteiger partial charge in [-0.15, -0.1) is 0 Å². The zero-order chi connectivity index (χ0) is 24.0. The molecule has 5 N–H and O–H groups in total. The number of imide groups is 1. The smallest absolute Gasteiger partial charge is 0.280 e. The van der Waals surface area contributed by atoms with Gasteiger partial charge in [-0.1, -0.05) is 12.1 Å². The van der Waals surface area contributed by atoms with Crippen LogP contribution in [0.3, 0.4) is 0 Å². The number of nitrogens with two attached hydrogens (primary N) is 1. The standard InChI is InChI=1S/C21H22N6O7/c22-21-24-16-13(17(30)25-21)23-9-27(16)20-15(14(29)12(8-28)34-20)33-7-3-6-26-18(31)10-4-1-2-5-11(10)19(26)32/h1-2,4-5,9,12,14-15,20,28-29H,3,6-8H2,(H3,22,24,25,30)/t12-,14-,15-,20-/m1/s1. The van der Waals surface area contributed by atoms with E-state index in [9.17, 15) is 24.6 Å². The third-order valence-corrected chi connectivity index (χ3v) is 5.93. The molecule has 2 aliphatic rings. The van der Waals surface area contributed by atoms with E-state index in [1.165, 1.54) is 10.9 Å². The van der Waals surface area contributed by atoms with Crippen molar-refractivity contribution in [2.45, 2.75) is 31.0 Å². The van der Waals surface area contributed by atoms with E-state index in [0.29, 0.717) is 17.5 Å². The van der Waals surface area contributed by atoms with Gasteiger partial charge in [0.05, 0.1) is 24.1 Å². The van der Waals surface area contributed by atoms with Crippen LogP contribution in [0.4, 0.5) is 5.95 Å². The van der Waals surface area contributed by atoms with E-state index >= 15 is 0 Å². The predicted molar refractivity (Wildman–Crippen MR) is 116 cm³/mol. The minimum atomic E-state index is -1.19. The highest BCUT2D eigenvalue weighted by molar-refractivity contribution is 6.21. The van der Waals surface area contributed by atoms with E-state index < -0.39 is 36.7 Å². The van der Waals surface area contributed by atoms with Gasteiger partial charge in [-0.2, -0.15) is 4.98 Å². The summed E-state index contributed by atoms with van der Waals surface area (Å²) in [6.07, 6.45) is -2.40. The number of amides is 2. The third-order valence-electron chi connectivity index (χ3n) is 5.93. The van der Waals surface area contributed by atoms with E-state index in [0.717, 1.165) is 4.90 Å². The second kappa shape index (κ2) is 8.61. The predicted octanol–water partition coefficient (Wildman–Crippen LogP) is -0.976. The molecule has 0 bridgehead atoms. The Bertz CT molecular complexity index is 1290. The maximum absolute atomic E-state index is 12.5. The maximum atomic E-state index is 12.5. The van der Waals surface area contributed by atoms with Crippen molar-refractivity contribution >= 4 is 28.9 Å². The lowest BCUT2D eigenvalue weighted by Crippen LogP contribution is -2.36. The van der Waals surface area contributed by atoms with Gasteiger partial charge in [0.25, 0.3) is 17.4 Å². The lowest BCUT2D eigenvalue weighted by atomic mass is 10.1. The van der Waals surface area contributed by atoms with Crippen molar-refractivity contribution < 1.29 is 29.3 Å². The summed E-state index contributed by atoms with van der Waals surface area (Å²) in [6, 6.07) is 6.62. The molecule has 2 aromatic heterocycles. The number of nitrogen functional groups attached to an aromatic ring is 1. The van der Waals surface area contributed by atoms with Crippen molar-refractivity contribution in [3.63, 3.8) is 0 Å². The van der Waals surface area contributed by atoms with Crippen LogP contribution in [-0.4, -0.2) is 84.5 Å². The molecule has 4 atom stereocenters. The van der Waals surface area contributed by atoms with Crippen LogP contribution in [0.25, 0.3) is 11.2 Å². The largest absolute Gasteiger partial charge is 0.394 e. The van der Waals surface area contributed by atoms with Crippen LogP contribution in [0.2, 0.25) is 0 Å². The van der Waals surface area contributed by atoms with Crippen molar-refractivity contribution in [3.8, 4) is 0 Å². The topological polar surface area (TPSA) is 186 Å². The summed E-state index contributed by atoms with van der Waals surface area (Å²) >= 11 is 0. The number of aromatic amines is 1. The average Bonchev–Trinajstić information content (AvgIpc) is 3.45. The summed E-state index contributed by atoms with van der Waals surface area (Å²) in [5.74, 6) is -0.835. The molecule has 13 heteroatoms. The Hall–Kier alpha value is -3.65. The van der Waals surface area contributed by atoms with Crippen LogP contribution in [0.1, 0.15) is 33.4 Å². The molecule has 178 valence electrons. The van der Waals surface area contributed by atoms with Crippen LogP contribution >= 0.6 is 0 Å². The Labute approximate surface area is 191 Å². The molecule has 0 unspecified atom stereocenters. The average molecular weight is 470 g/mol. The molecule has 0 spiro atoms. The molecule has 2 amide bonds. The Morgan fingerprint density at radius 3 is 2.56 bits per heavy atom. The lowest BCUT2D eigenvalue weighted by Gasteiger charge is -2.22. The van der Waals surface area contributed by atoms with E-state index in [1.54, 1.807) is 24.3 Å². The number of aliphatic hydroxyl groups excluding tert-OH is 2. The minimum Gasteiger partial charge on any atom is -0.394 e. The number of carbonyl (C=O) groups excluding carboxylic acids is 2. The van der Waals surface area contributed by atoms with Crippen molar-refractivity contribution in [1.29, 1.82) is 0 Å². The number of nitrogens with zero attached hydrogens (tertiary/aromatic N) is 4. The first-order valence-electron chi connectivity index (χ1n) is 10.6. The number of H-pyrrole nitrogens is 1. The molecule has 4 heterocycles. The third kappa shape index (κ3) is 3.54. The molecular weight excluding hydrogens is 448 g/mol. The molecule has 1 aromatic carbocycles. The number of anilines is 1. The first-order chi connectivity index (χ1) is 16.4. The molecule has 0 aliphatic carbocycles. The maximum Gasteiger partial charge on any atom is 0.280 e. The number of carbonyl (C=O) groups is 2. The highest BCUT2D eigenvalue weighted by atomic mass is 16.6. The summed E-state index contributed by atoms with van der Waals surface area (Å²) < 4.78 is 13.0. The lowest BCUT2D eigenvalue weighted by molar-refractivity contribution is -0.0712. The fourth-order valence-electron chi connectivity index (χ4n) is 4.29. The number of rotatable bonds is 7. The molecule has 2 aliphatic heterocycles. The van der Waals surface area contributed by atoms with E-state index in [-0.39, 0.29) is 42.1 Å². The summed E-state index contributed by atoms with van der Waals surface area (Å²) in [4.78, 5) is 48.7. The van der Waals surface area contributed by atoms with Crippen LogP contribution < -0.4 is 11.3 Å². The summed E-state index contributed by atoms with van der Waals surface area (Å²) in [7, 11) is 0. The van der Waals surface area contributed by atoms with Crippen molar-refractivity contribution in [1.82, 2.24) is 24.4 Å². The SMILES string of the molecule is Nc1nc2c(ncn2[C@@H]2O[C@H](CO)[C@@H](O)[C@H]2OCCCN2C(=O)c3ccccc3C2=O)c(=O)[nH]1. The minimum absolute atomic E-state index is 0.0316. The van der Waals surface area contributed by atoms with E-state index in [4.69, 9.17) is 15.2 Å². The zero-order valence-corrected chi connectivity index (χ0v) is 17.8. The van der Waals surface area contributed by atoms with Gasteiger partial charge in [-0.05, 0) is 18.6 Å². The van der Waals surface area contributed by atoms with E-state index in [1.807, 2.05) is 0 Å². The molecule has 1 saturated heterocycles. The summed E-state index contributed by atoms with van der Waals surface area (Å²) in [5.41, 5.74) is 6.02. The quantitative estimate of drug-likeness (QED) is 0.247. The number of hydrogen-bond acceptors (Lipinski definition) is 10. The number of nitrogens with one attached hydrogen (secondary N) is 1. The van der Waals surface area contributed by atoms with Crippen LogP contribution in [0, 0.1) is 0 Å². The molecular formula is C21H22N6O7. The van der Waals surface area contributed by atoms with Gasteiger partial charge < -0.3 is 25.4 Å². The number of imidazole rings is 1. The number of fused-ring (bicyclic) bond motifs is 2. The van der Waals surface area contributed by atoms with Gasteiger partial charge in [0, 0.05) is 13.2 Å². The summed E-state index contributed by atoms with van der Waals surface area (Å²) in [5, 5.41) is 20.2. The number of benzene rings is 1. The van der Waals surface area contributed by atoms with Crippen molar-refractivity contribution in [2.75, 3.05) is 25.5 Å². The van der Waals surface area contributed by atoms with Crippen molar-refractivity contribution in [2.24, 2.45) is 0 Å². The second-order valence-electron chi connectivity index (χ2n) is 8.01. The van der Waals surface area contributed by atoms with Gasteiger partial charge in [0.1, 0.15) is 18.3 Å². The van der Waals surface area contributed by atoms with Gasteiger partial charge in [-0.25, -0.2) is 4.98 Å². The Balaban J connectivity index is 1.29. The second-order valence-corrected chi connectivity index (χ2v) is 8.01. The fourth-order valence-corrected chi connectivity index (χ4v) is 4.29. The number of hydrogen-bond donors (Lipinski definition) is 4. The molecule has 3 aromatic rings. The molecule has 5 rings (SSSR count). The highest BCUT2D eigenvalue weighted by Gasteiger charge is 2.46. The highest BCUT2D eigenvalue weighted by Crippen LogP contribution is 2.33. The molecule has 34 heavy (non-hydrogen) atoms. The molecule has 13 nitrogen and oxygen atoms in total. The molecule has 0 saturated carbocycles. The van der Waals surface area contributed by atoms with E-state index in [2.05, 4.69) is 15.0 Å². The zero-order valence-electron chi connectivity index (χ0n) is 17.8. The first kappa shape index (κ1) is 22.2.